The van der Waals surface area contributed by atoms with E-state index in [9.17, 15) is 9.90 Å². The Labute approximate surface area is 161 Å². The first-order chi connectivity index (χ1) is 13.1. The summed E-state index contributed by atoms with van der Waals surface area (Å²) in [6, 6.07) is 12.9. The number of hydrogen-bond acceptors (Lipinski definition) is 3. The zero-order valence-corrected chi connectivity index (χ0v) is 16.1. The highest BCUT2D eigenvalue weighted by Crippen LogP contribution is 2.30. The second-order valence-corrected chi connectivity index (χ2v) is 8.08. The fourth-order valence-electron chi connectivity index (χ4n) is 4.71. The van der Waals surface area contributed by atoms with E-state index in [4.69, 9.17) is 4.74 Å². The van der Waals surface area contributed by atoms with Gasteiger partial charge in [0.2, 0.25) is 5.91 Å². The predicted octanol–water partition coefficient (Wildman–Crippen LogP) is 3.93. The highest BCUT2D eigenvalue weighted by molar-refractivity contribution is 5.85. The van der Waals surface area contributed by atoms with Gasteiger partial charge >= 0.3 is 0 Å². The zero-order chi connectivity index (χ0) is 18.8. The van der Waals surface area contributed by atoms with Gasteiger partial charge in [-0.25, -0.2) is 0 Å². The van der Waals surface area contributed by atoms with E-state index in [0.717, 1.165) is 62.6 Å². The summed E-state index contributed by atoms with van der Waals surface area (Å²) in [4.78, 5) is 15.2. The van der Waals surface area contributed by atoms with Gasteiger partial charge in [0.15, 0.2) is 0 Å². The minimum atomic E-state index is -0.175. The Morgan fingerprint density at radius 3 is 2.59 bits per heavy atom. The van der Waals surface area contributed by atoms with Gasteiger partial charge in [-0.05, 0) is 73.4 Å². The van der Waals surface area contributed by atoms with Crippen LogP contribution >= 0.6 is 0 Å². The summed E-state index contributed by atoms with van der Waals surface area (Å²) in [7, 11) is 1.69. The average Bonchev–Trinajstić information content (AvgIpc) is 2.70. The Morgan fingerprint density at radius 1 is 1.04 bits per heavy atom. The SMILES string of the molecule is COc1ccc2ccc(CC3CCCN(C4CCC(O)CC4)C3=O)cc2c1. The lowest BCUT2D eigenvalue weighted by Gasteiger charge is -2.40. The number of aliphatic hydroxyl groups excluding tert-OH is 1. The summed E-state index contributed by atoms with van der Waals surface area (Å²) in [6.07, 6.45) is 6.21. The van der Waals surface area contributed by atoms with Crippen molar-refractivity contribution < 1.29 is 14.6 Å². The number of nitrogens with zero attached hydrogens (tertiary/aromatic N) is 1. The van der Waals surface area contributed by atoms with Crippen LogP contribution in [0.4, 0.5) is 0 Å². The number of carbonyl (C=O) groups is 1. The molecule has 1 heterocycles. The number of likely N-dealkylation sites (tertiary alicyclic amines) is 1. The van der Waals surface area contributed by atoms with E-state index in [-0.39, 0.29) is 12.0 Å². The molecule has 1 atom stereocenters. The van der Waals surface area contributed by atoms with Crippen LogP contribution in [0, 0.1) is 5.92 Å². The highest BCUT2D eigenvalue weighted by Gasteiger charge is 2.34. The summed E-state index contributed by atoms with van der Waals surface area (Å²) in [5.74, 6) is 1.25. The number of amides is 1. The molecule has 27 heavy (non-hydrogen) atoms. The molecule has 1 unspecified atom stereocenters. The molecule has 1 saturated carbocycles. The van der Waals surface area contributed by atoms with Gasteiger partial charge in [-0.2, -0.15) is 0 Å². The number of methoxy groups -OCH3 is 1. The highest BCUT2D eigenvalue weighted by atomic mass is 16.5. The van der Waals surface area contributed by atoms with Crippen LogP contribution < -0.4 is 4.74 Å². The Morgan fingerprint density at radius 2 is 1.81 bits per heavy atom. The monoisotopic (exact) mass is 367 g/mol. The molecular weight excluding hydrogens is 338 g/mol. The number of carbonyl (C=O) groups excluding carboxylic acids is 1. The third-order valence-corrected chi connectivity index (χ3v) is 6.28. The van der Waals surface area contributed by atoms with Crippen LogP contribution in [0.25, 0.3) is 10.8 Å². The van der Waals surface area contributed by atoms with Crippen LogP contribution in [0.15, 0.2) is 36.4 Å². The molecule has 1 N–H and O–H groups in total. The average molecular weight is 367 g/mol. The summed E-state index contributed by atoms with van der Waals surface area (Å²) < 4.78 is 5.34. The van der Waals surface area contributed by atoms with E-state index in [0.29, 0.717) is 11.9 Å². The molecule has 4 nitrogen and oxygen atoms in total. The van der Waals surface area contributed by atoms with Crippen molar-refractivity contribution in [2.24, 2.45) is 5.92 Å². The lowest BCUT2D eigenvalue weighted by molar-refractivity contribution is -0.142. The second kappa shape index (κ2) is 7.89. The van der Waals surface area contributed by atoms with E-state index in [1.54, 1.807) is 7.11 Å². The molecule has 1 saturated heterocycles. The fraction of sp³-hybridized carbons (Fsp3) is 0.522. The molecule has 1 aliphatic heterocycles. The van der Waals surface area contributed by atoms with Gasteiger partial charge in [0.25, 0.3) is 0 Å². The maximum Gasteiger partial charge on any atom is 0.226 e. The van der Waals surface area contributed by atoms with Crippen LogP contribution in [-0.4, -0.2) is 41.7 Å². The van der Waals surface area contributed by atoms with Crippen molar-refractivity contribution in [3.05, 3.63) is 42.0 Å². The number of piperidine rings is 1. The van der Waals surface area contributed by atoms with Gasteiger partial charge < -0.3 is 14.7 Å². The Bertz CT molecular complexity index is 810. The molecule has 144 valence electrons. The van der Waals surface area contributed by atoms with Crippen molar-refractivity contribution in [1.29, 1.82) is 0 Å². The quantitative estimate of drug-likeness (QED) is 0.891. The minimum Gasteiger partial charge on any atom is -0.497 e. The van der Waals surface area contributed by atoms with Crippen molar-refractivity contribution >= 4 is 16.7 Å². The third kappa shape index (κ3) is 3.96. The van der Waals surface area contributed by atoms with Crippen LogP contribution in [-0.2, 0) is 11.2 Å². The van der Waals surface area contributed by atoms with Crippen molar-refractivity contribution in [1.82, 2.24) is 4.90 Å². The largest absolute Gasteiger partial charge is 0.497 e. The summed E-state index contributed by atoms with van der Waals surface area (Å²) in [5, 5.41) is 12.1. The van der Waals surface area contributed by atoms with Crippen molar-refractivity contribution in [2.45, 2.75) is 57.1 Å². The normalized spacial score (nSPS) is 26.4. The molecule has 0 bridgehead atoms. The number of ether oxygens (including phenoxy) is 1. The fourth-order valence-corrected chi connectivity index (χ4v) is 4.71. The molecule has 2 aliphatic rings. The molecule has 2 fully saturated rings. The molecule has 0 aromatic heterocycles. The summed E-state index contributed by atoms with van der Waals surface area (Å²) >= 11 is 0. The van der Waals surface area contributed by atoms with Gasteiger partial charge in [-0.3, -0.25) is 4.79 Å². The Balaban J connectivity index is 1.48. The summed E-state index contributed by atoms with van der Waals surface area (Å²) in [5.41, 5.74) is 1.22. The van der Waals surface area contributed by atoms with Crippen LogP contribution in [0.1, 0.15) is 44.1 Å². The van der Waals surface area contributed by atoms with E-state index >= 15 is 0 Å². The topological polar surface area (TPSA) is 49.8 Å². The van der Waals surface area contributed by atoms with Crippen LogP contribution in [0.5, 0.6) is 5.75 Å². The van der Waals surface area contributed by atoms with Gasteiger partial charge in [-0.1, -0.05) is 24.3 Å². The molecule has 1 aliphatic carbocycles. The summed E-state index contributed by atoms with van der Waals surface area (Å²) in [6.45, 7) is 0.880. The minimum absolute atomic E-state index is 0.0775. The molecule has 4 heteroatoms. The molecule has 4 rings (SSSR count). The molecule has 2 aromatic carbocycles. The molecule has 2 aromatic rings. The van der Waals surface area contributed by atoms with E-state index in [2.05, 4.69) is 35.2 Å². The van der Waals surface area contributed by atoms with E-state index in [1.165, 1.54) is 10.9 Å². The van der Waals surface area contributed by atoms with Crippen LogP contribution in [0.3, 0.4) is 0 Å². The molecule has 0 spiro atoms. The molecule has 1 amide bonds. The van der Waals surface area contributed by atoms with Gasteiger partial charge in [0.05, 0.1) is 13.2 Å². The van der Waals surface area contributed by atoms with Gasteiger partial charge in [0.1, 0.15) is 5.75 Å². The zero-order valence-electron chi connectivity index (χ0n) is 16.1. The van der Waals surface area contributed by atoms with E-state index < -0.39 is 0 Å². The first-order valence-electron chi connectivity index (χ1n) is 10.2. The standard InChI is InChI=1S/C23H29NO3/c1-27-22-11-6-17-5-4-16(14-19(17)15-22)13-18-3-2-12-24(23(18)26)20-7-9-21(25)10-8-20/h4-6,11,14-15,18,20-21,25H,2-3,7-10,12-13H2,1H3. The van der Waals surface area contributed by atoms with Crippen LogP contribution in [0.2, 0.25) is 0 Å². The number of aliphatic hydroxyl groups is 1. The van der Waals surface area contributed by atoms with E-state index in [1.807, 2.05) is 6.07 Å². The third-order valence-electron chi connectivity index (χ3n) is 6.28. The van der Waals surface area contributed by atoms with Crippen molar-refractivity contribution in [2.75, 3.05) is 13.7 Å². The second-order valence-electron chi connectivity index (χ2n) is 8.08. The lowest BCUT2D eigenvalue weighted by Crippen LogP contribution is -2.49. The number of rotatable bonds is 4. The van der Waals surface area contributed by atoms with Gasteiger partial charge in [0, 0.05) is 18.5 Å². The van der Waals surface area contributed by atoms with Gasteiger partial charge in [-0.15, -0.1) is 0 Å². The smallest absolute Gasteiger partial charge is 0.226 e. The Kier molecular flexibility index (Phi) is 5.35. The first-order valence-corrected chi connectivity index (χ1v) is 10.2. The number of hydrogen-bond donors (Lipinski definition) is 1. The maximum absolute atomic E-state index is 13.1. The molecule has 0 radical (unpaired) electrons. The Hall–Kier alpha value is -2.07. The van der Waals surface area contributed by atoms with Crippen molar-refractivity contribution in [3.63, 3.8) is 0 Å². The predicted molar refractivity (Wildman–Crippen MR) is 107 cm³/mol. The first kappa shape index (κ1) is 18.3. The number of benzene rings is 2. The molecular formula is C23H29NO3. The van der Waals surface area contributed by atoms with Crippen molar-refractivity contribution in [3.8, 4) is 5.75 Å². The maximum atomic E-state index is 13.1. The number of fused-ring (bicyclic) bond motifs is 1. The lowest BCUT2D eigenvalue weighted by atomic mass is 9.86.